The lowest BCUT2D eigenvalue weighted by Gasteiger charge is -2.20. The molecule has 2 saturated heterocycles. The van der Waals surface area contributed by atoms with Gasteiger partial charge in [0.05, 0.1) is 31.5 Å². The number of hydrogen-bond acceptors (Lipinski definition) is 7. The second kappa shape index (κ2) is 11.4. The van der Waals surface area contributed by atoms with E-state index in [1.807, 2.05) is 0 Å². The first kappa shape index (κ1) is 20.0. The van der Waals surface area contributed by atoms with Gasteiger partial charge in [-0.15, -0.1) is 0 Å². The van der Waals surface area contributed by atoms with Crippen molar-refractivity contribution in [2.75, 3.05) is 53.9 Å². The topological polar surface area (TPSA) is 75.6 Å². The summed E-state index contributed by atoms with van der Waals surface area (Å²) in [4.78, 5) is 0. The first-order valence-corrected chi connectivity index (χ1v) is 8.87. The standard InChI is InChI=1S/C17H32O7/c1-19-11-16-14(5-9-23-16)21-7-3-13(18)4-8-22-15-6-10-24-17(15)12-20-2/h13-18H,3-12H2,1-2H3/t13?,14-,15-,16?,17?/m1/s1. The lowest BCUT2D eigenvalue weighted by molar-refractivity contribution is -0.0574. The van der Waals surface area contributed by atoms with Crippen LogP contribution in [0.3, 0.4) is 0 Å². The van der Waals surface area contributed by atoms with Crippen molar-refractivity contribution in [3.8, 4) is 0 Å². The smallest absolute Gasteiger partial charge is 0.107 e. The SMILES string of the molecule is COCC1OCC[C@H]1OCCC(O)CCO[C@@H]1CCOC1COC. The molecule has 24 heavy (non-hydrogen) atoms. The Labute approximate surface area is 144 Å². The molecule has 0 bridgehead atoms. The van der Waals surface area contributed by atoms with Crippen molar-refractivity contribution in [3.05, 3.63) is 0 Å². The summed E-state index contributed by atoms with van der Waals surface area (Å²) < 4.78 is 33.0. The van der Waals surface area contributed by atoms with Crippen LogP contribution >= 0.6 is 0 Å². The molecule has 2 aliphatic rings. The van der Waals surface area contributed by atoms with E-state index in [4.69, 9.17) is 28.4 Å². The third-order valence-electron chi connectivity index (χ3n) is 4.53. The molecule has 0 aromatic carbocycles. The van der Waals surface area contributed by atoms with E-state index in [1.165, 1.54) is 0 Å². The molecule has 0 radical (unpaired) electrons. The highest BCUT2D eigenvalue weighted by Gasteiger charge is 2.30. The molecule has 2 unspecified atom stereocenters. The lowest BCUT2D eigenvalue weighted by atomic mass is 10.1. The number of rotatable bonds is 12. The Morgan fingerprint density at radius 2 is 1.33 bits per heavy atom. The summed E-state index contributed by atoms with van der Waals surface area (Å²) in [6, 6.07) is 0. The van der Waals surface area contributed by atoms with Gasteiger partial charge in [-0.3, -0.25) is 0 Å². The Bertz CT molecular complexity index is 298. The number of methoxy groups -OCH3 is 2. The fourth-order valence-electron chi connectivity index (χ4n) is 3.13. The minimum atomic E-state index is -0.420. The van der Waals surface area contributed by atoms with E-state index >= 15 is 0 Å². The van der Waals surface area contributed by atoms with E-state index in [-0.39, 0.29) is 24.4 Å². The summed E-state index contributed by atoms with van der Waals surface area (Å²) in [5.41, 5.74) is 0. The maximum absolute atomic E-state index is 10.1. The van der Waals surface area contributed by atoms with Crippen LogP contribution in [-0.4, -0.2) is 89.5 Å². The molecule has 2 heterocycles. The molecule has 4 atom stereocenters. The van der Waals surface area contributed by atoms with Gasteiger partial charge in [0.25, 0.3) is 0 Å². The highest BCUT2D eigenvalue weighted by Crippen LogP contribution is 2.19. The minimum absolute atomic E-state index is 0.00978. The maximum atomic E-state index is 10.1. The average molecular weight is 348 g/mol. The Morgan fingerprint density at radius 1 is 0.875 bits per heavy atom. The molecular weight excluding hydrogens is 316 g/mol. The van der Waals surface area contributed by atoms with Crippen molar-refractivity contribution in [2.24, 2.45) is 0 Å². The largest absolute Gasteiger partial charge is 0.393 e. The second-order valence-electron chi connectivity index (χ2n) is 6.36. The van der Waals surface area contributed by atoms with Gasteiger partial charge in [-0.25, -0.2) is 0 Å². The number of ether oxygens (including phenoxy) is 6. The Kier molecular flexibility index (Phi) is 9.48. The van der Waals surface area contributed by atoms with Crippen LogP contribution in [0.2, 0.25) is 0 Å². The summed E-state index contributed by atoms with van der Waals surface area (Å²) in [5, 5.41) is 10.1. The van der Waals surface area contributed by atoms with Crippen molar-refractivity contribution >= 4 is 0 Å². The molecule has 1 N–H and O–H groups in total. The van der Waals surface area contributed by atoms with Crippen LogP contribution < -0.4 is 0 Å². The fraction of sp³-hybridized carbons (Fsp3) is 1.00. The third kappa shape index (κ3) is 6.55. The molecule has 7 heteroatoms. The molecule has 0 saturated carbocycles. The van der Waals surface area contributed by atoms with Crippen molar-refractivity contribution in [1.29, 1.82) is 0 Å². The van der Waals surface area contributed by atoms with Crippen molar-refractivity contribution in [3.63, 3.8) is 0 Å². The zero-order valence-corrected chi connectivity index (χ0v) is 14.9. The average Bonchev–Trinajstić information content (AvgIpc) is 3.18. The summed E-state index contributed by atoms with van der Waals surface area (Å²) in [6.45, 7) is 3.56. The van der Waals surface area contributed by atoms with Crippen LogP contribution in [0.25, 0.3) is 0 Å². The zero-order chi connectivity index (χ0) is 17.2. The monoisotopic (exact) mass is 348 g/mol. The predicted octanol–water partition coefficient (Wildman–Crippen LogP) is 0.769. The van der Waals surface area contributed by atoms with Crippen LogP contribution in [0, 0.1) is 0 Å². The van der Waals surface area contributed by atoms with Crippen LogP contribution in [-0.2, 0) is 28.4 Å². The van der Waals surface area contributed by atoms with E-state index in [0.29, 0.717) is 52.5 Å². The highest BCUT2D eigenvalue weighted by atomic mass is 16.6. The number of hydrogen-bond donors (Lipinski definition) is 1. The van der Waals surface area contributed by atoms with Gasteiger partial charge in [0.15, 0.2) is 0 Å². The summed E-state index contributed by atoms with van der Waals surface area (Å²) in [5.74, 6) is 0. The van der Waals surface area contributed by atoms with Crippen LogP contribution in [0.4, 0.5) is 0 Å². The highest BCUT2D eigenvalue weighted by molar-refractivity contribution is 4.78. The Hall–Kier alpha value is -0.280. The quantitative estimate of drug-likeness (QED) is 0.558. The fourth-order valence-corrected chi connectivity index (χ4v) is 3.13. The molecule has 7 nitrogen and oxygen atoms in total. The van der Waals surface area contributed by atoms with E-state index in [1.54, 1.807) is 14.2 Å². The zero-order valence-electron chi connectivity index (χ0n) is 14.9. The van der Waals surface area contributed by atoms with Gasteiger partial charge in [-0.2, -0.15) is 0 Å². The molecule has 0 aliphatic carbocycles. The maximum Gasteiger partial charge on any atom is 0.107 e. The molecule has 2 rings (SSSR count). The number of aliphatic hydroxyl groups is 1. The Morgan fingerprint density at radius 3 is 1.75 bits per heavy atom. The van der Waals surface area contributed by atoms with Gasteiger partial charge in [0.2, 0.25) is 0 Å². The normalized spacial score (nSPS) is 31.6. The van der Waals surface area contributed by atoms with Gasteiger partial charge in [-0.05, 0) is 25.7 Å². The first-order chi connectivity index (χ1) is 11.7. The van der Waals surface area contributed by atoms with Gasteiger partial charge in [-0.1, -0.05) is 0 Å². The predicted molar refractivity (Wildman–Crippen MR) is 87.2 cm³/mol. The van der Waals surface area contributed by atoms with Gasteiger partial charge >= 0.3 is 0 Å². The van der Waals surface area contributed by atoms with E-state index in [0.717, 1.165) is 12.8 Å². The van der Waals surface area contributed by atoms with Gasteiger partial charge < -0.3 is 33.5 Å². The van der Waals surface area contributed by atoms with Gasteiger partial charge in [0.1, 0.15) is 12.2 Å². The van der Waals surface area contributed by atoms with Crippen molar-refractivity contribution in [1.82, 2.24) is 0 Å². The summed E-state index contributed by atoms with van der Waals surface area (Å²) in [7, 11) is 3.32. The molecule has 2 fully saturated rings. The van der Waals surface area contributed by atoms with Crippen molar-refractivity contribution in [2.45, 2.75) is 56.2 Å². The molecule has 142 valence electrons. The third-order valence-corrected chi connectivity index (χ3v) is 4.53. The molecule has 0 aromatic rings. The molecule has 0 aromatic heterocycles. The van der Waals surface area contributed by atoms with E-state index < -0.39 is 6.10 Å². The van der Waals surface area contributed by atoms with E-state index in [2.05, 4.69) is 0 Å². The van der Waals surface area contributed by atoms with Gasteiger partial charge in [0, 0.05) is 40.6 Å². The number of aliphatic hydroxyl groups excluding tert-OH is 1. The Balaban J connectivity index is 1.53. The molecule has 0 amide bonds. The lowest BCUT2D eigenvalue weighted by Crippen LogP contribution is -2.30. The summed E-state index contributed by atoms with van der Waals surface area (Å²) >= 11 is 0. The molecule has 0 spiro atoms. The first-order valence-electron chi connectivity index (χ1n) is 8.87. The van der Waals surface area contributed by atoms with Crippen LogP contribution in [0.15, 0.2) is 0 Å². The van der Waals surface area contributed by atoms with Crippen LogP contribution in [0.1, 0.15) is 25.7 Å². The molecular formula is C17H32O7. The van der Waals surface area contributed by atoms with Crippen molar-refractivity contribution < 1.29 is 33.5 Å². The van der Waals surface area contributed by atoms with Crippen LogP contribution in [0.5, 0.6) is 0 Å². The minimum Gasteiger partial charge on any atom is -0.393 e. The second-order valence-corrected chi connectivity index (χ2v) is 6.36. The van der Waals surface area contributed by atoms with E-state index in [9.17, 15) is 5.11 Å². The molecule has 2 aliphatic heterocycles. The summed E-state index contributed by atoms with van der Waals surface area (Å²) in [6.07, 6.45) is 2.70.